The SMILES string of the molecule is Cc1c(NC(=O)c2cc(C(N)=O)nc3cccc(O)c23)c(C(F)(F)F)nn1Cc1ccc(C#N)cc1. The minimum Gasteiger partial charge on any atom is -0.507 e. The van der Waals surface area contributed by atoms with E-state index in [0.717, 1.165) is 10.7 Å². The number of aromatic nitrogens is 3. The lowest BCUT2D eigenvalue weighted by molar-refractivity contribution is -0.140. The van der Waals surface area contributed by atoms with Gasteiger partial charge in [0.25, 0.3) is 11.8 Å². The number of primary amides is 1. The number of halogens is 3. The molecule has 182 valence electrons. The largest absolute Gasteiger partial charge is 0.507 e. The highest BCUT2D eigenvalue weighted by Gasteiger charge is 2.39. The second kappa shape index (κ2) is 9.03. The Morgan fingerprint density at radius 1 is 1.19 bits per heavy atom. The number of hydrogen-bond acceptors (Lipinski definition) is 6. The molecule has 2 heterocycles. The first kappa shape index (κ1) is 24.2. The second-order valence-electron chi connectivity index (χ2n) is 7.82. The summed E-state index contributed by atoms with van der Waals surface area (Å²) < 4.78 is 42.6. The number of nitriles is 1. The lowest BCUT2D eigenvalue weighted by atomic mass is 10.1. The number of nitrogens with two attached hydrogens (primary N) is 1. The Morgan fingerprint density at radius 3 is 2.50 bits per heavy atom. The lowest BCUT2D eigenvalue weighted by Gasteiger charge is -2.12. The van der Waals surface area contributed by atoms with Gasteiger partial charge in [0, 0.05) is 0 Å². The summed E-state index contributed by atoms with van der Waals surface area (Å²) in [5.74, 6) is -2.35. The molecule has 0 saturated carbocycles. The molecule has 0 atom stereocenters. The number of rotatable bonds is 5. The molecule has 0 fully saturated rings. The number of carbonyl (C=O) groups is 2. The van der Waals surface area contributed by atoms with Gasteiger partial charge in [-0.1, -0.05) is 18.2 Å². The van der Waals surface area contributed by atoms with Crippen LogP contribution < -0.4 is 11.1 Å². The van der Waals surface area contributed by atoms with Crippen molar-refractivity contribution in [2.45, 2.75) is 19.6 Å². The molecule has 12 heteroatoms. The summed E-state index contributed by atoms with van der Waals surface area (Å²) in [4.78, 5) is 28.9. The van der Waals surface area contributed by atoms with Crippen LogP contribution in [0.5, 0.6) is 5.75 Å². The molecule has 4 rings (SSSR count). The van der Waals surface area contributed by atoms with Crippen LogP contribution in [0.25, 0.3) is 10.9 Å². The average molecular weight is 494 g/mol. The molecule has 9 nitrogen and oxygen atoms in total. The van der Waals surface area contributed by atoms with Gasteiger partial charge in [0.1, 0.15) is 11.4 Å². The topological polar surface area (TPSA) is 147 Å². The van der Waals surface area contributed by atoms with Crippen LogP contribution in [0.4, 0.5) is 18.9 Å². The van der Waals surface area contributed by atoms with Gasteiger partial charge in [-0.15, -0.1) is 0 Å². The van der Waals surface area contributed by atoms with Crippen LogP contribution in [-0.4, -0.2) is 31.7 Å². The third-order valence-corrected chi connectivity index (χ3v) is 5.44. The quantitative estimate of drug-likeness (QED) is 0.385. The Bertz CT molecular complexity index is 1550. The Labute approximate surface area is 201 Å². The van der Waals surface area contributed by atoms with Crippen molar-refractivity contribution in [2.24, 2.45) is 5.73 Å². The van der Waals surface area contributed by atoms with Gasteiger partial charge in [0.2, 0.25) is 0 Å². The molecule has 0 aliphatic carbocycles. The highest BCUT2D eigenvalue weighted by molar-refractivity contribution is 6.15. The second-order valence-corrected chi connectivity index (χ2v) is 7.82. The van der Waals surface area contributed by atoms with Crippen molar-refractivity contribution in [3.8, 4) is 11.8 Å². The van der Waals surface area contributed by atoms with E-state index in [9.17, 15) is 27.9 Å². The minimum absolute atomic E-state index is 0.0118. The van der Waals surface area contributed by atoms with Crippen LogP contribution in [0.3, 0.4) is 0 Å². The maximum atomic E-state index is 13.8. The number of nitrogens with zero attached hydrogens (tertiary/aromatic N) is 4. The number of pyridine rings is 1. The summed E-state index contributed by atoms with van der Waals surface area (Å²) in [6.07, 6.45) is -4.90. The Kier molecular flexibility index (Phi) is 6.07. The molecule has 2 aromatic heterocycles. The van der Waals surface area contributed by atoms with Gasteiger partial charge in [0.05, 0.1) is 46.0 Å². The fourth-order valence-corrected chi connectivity index (χ4v) is 3.66. The van der Waals surface area contributed by atoms with Crippen molar-refractivity contribution in [2.75, 3.05) is 5.32 Å². The zero-order valence-corrected chi connectivity index (χ0v) is 18.6. The number of fused-ring (bicyclic) bond motifs is 1. The van der Waals surface area contributed by atoms with Crippen LogP contribution in [0.1, 0.15) is 43.4 Å². The molecule has 4 N–H and O–H groups in total. The number of alkyl halides is 3. The minimum atomic E-state index is -4.90. The third kappa shape index (κ3) is 4.54. The molecule has 0 aliphatic heterocycles. The van der Waals surface area contributed by atoms with Crippen LogP contribution >= 0.6 is 0 Å². The van der Waals surface area contributed by atoms with E-state index in [2.05, 4.69) is 15.4 Å². The van der Waals surface area contributed by atoms with E-state index in [1.165, 1.54) is 37.3 Å². The molecule has 0 radical (unpaired) electrons. The molecular formula is C24H17F3N6O3. The van der Waals surface area contributed by atoms with Crippen molar-refractivity contribution in [1.29, 1.82) is 5.26 Å². The monoisotopic (exact) mass is 494 g/mol. The number of aromatic hydroxyl groups is 1. The predicted octanol–water partition coefficient (Wildman–Crippen LogP) is 3.74. The van der Waals surface area contributed by atoms with E-state index in [-0.39, 0.29) is 40.1 Å². The van der Waals surface area contributed by atoms with Gasteiger partial charge in [0.15, 0.2) is 5.69 Å². The van der Waals surface area contributed by atoms with Crippen molar-refractivity contribution in [3.05, 3.63) is 82.3 Å². The van der Waals surface area contributed by atoms with Gasteiger partial charge >= 0.3 is 6.18 Å². The highest BCUT2D eigenvalue weighted by Crippen LogP contribution is 2.37. The van der Waals surface area contributed by atoms with E-state index < -0.39 is 29.4 Å². The van der Waals surface area contributed by atoms with Gasteiger partial charge < -0.3 is 16.2 Å². The van der Waals surface area contributed by atoms with E-state index in [0.29, 0.717) is 11.1 Å². The van der Waals surface area contributed by atoms with Gasteiger partial charge in [-0.3, -0.25) is 14.3 Å². The van der Waals surface area contributed by atoms with Crippen molar-refractivity contribution < 1.29 is 27.9 Å². The van der Waals surface area contributed by atoms with E-state index >= 15 is 0 Å². The fourth-order valence-electron chi connectivity index (χ4n) is 3.66. The van der Waals surface area contributed by atoms with Crippen LogP contribution in [0.2, 0.25) is 0 Å². The molecule has 2 aromatic carbocycles. The summed E-state index contributed by atoms with van der Waals surface area (Å²) in [7, 11) is 0. The Hall–Kier alpha value is -4.92. The number of benzene rings is 2. The van der Waals surface area contributed by atoms with E-state index in [1.807, 2.05) is 6.07 Å². The number of hydrogen-bond donors (Lipinski definition) is 3. The number of phenolic OH excluding ortho intramolecular Hbond substituents is 1. The van der Waals surface area contributed by atoms with E-state index in [4.69, 9.17) is 11.0 Å². The summed E-state index contributed by atoms with van der Waals surface area (Å²) in [5, 5.41) is 25.1. The van der Waals surface area contributed by atoms with Crippen molar-refractivity contribution in [1.82, 2.24) is 14.8 Å². The number of anilines is 1. The number of nitrogens with one attached hydrogen (secondary N) is 1. The first-order valence-electron chi connectivity index (χ1n) is 10.4. The molecule has 36 heavy (non-hydrogen) atoms. The average Bonchev–Trinajstić information content (AvgIpc) is 3.14. The van der Waals surface area contributed by atoms with Crippen molar-refractivity contribution in [3.63, 3.8) is 0 Å². The van der Waals surface area contributed by atoms with Gasteiger partial charge in [-0.2, -0.15) is 23.5 Å². The molecule has 0 aliphatic rings. The fraction of sp³-hybridized carbons (Fsp3) is 0.125. The molecule has 4 aromatic rings. The summed E-state index contributed by atoms with van der Waals surface area (Å²) in [6, 6.07) is 13.3. The van der Waals surface area contributed by atoms with Crippen molar-refractivity contribution >= 4 is 28.4 Å². The molecule has 0 spiro atoms. The van der Waals surface area contributed by atoms with E-state index in [1.54, 1.807) is 12.1 Å². The summed E-state index contributed by atoms with van der Waals surface area (Å²) in [6.45, 7) is 1.31. The molecular weight excluding hydrogens is 477 g/mol. The molecule has 0 bridgehead atoms. The maximum Gasteiger partial charge on any atom is 0.437 e. The molecule has 0 unspecified atom stereocenters. The number of amides is 2. The predicted molar refractivity (Wildman–Crippen MR) is 122 cm³/mol. The molecule has 0 saturated heterocycles. The van der Waals surface area contributed by atoms with Crippen LogP contribution in [0.15, 0.2) is 48.5 Å². The zero-order chi connectivity index (χ0) is 26.2. The first-order valence-corrected chi connectivity index (χ1v) is 10.4. The third-order valence-electron chi connectivity index (χ3n) is 5.44. The number of carbonyl (C=O) groups excluding carboxylic acids is 2. The van der Waals surface area contributed by atoms with Gasteiger partial charge in [-0.25, -0.2) is 4.98 Å². The smallest absolute Gasteiger partial charge is 0.437 e. The lowest BCUT2D eigenvalue weighted by Crippen LogP contribution is -2.19. The number of phenols is 1. The highest BCUT2D eigenvalue weighted by atomic mass is 19.4. The molecule has 2 amide bonds. The maximum absolute atomic E-state index is 13.8. The van der Waals surface area contributed by atoms with Crippen LogP contribution in [0, 0.1) is 18.3 Å². The van der Waals surface area contributed by atoms with Crippen LogP contribution in [-0.2, 0) is 12.7 Å². The normalized spacial score (nSPS) is 11.3. The summed E-state index contributed by atoms with van der Waals surface area (Å²) in [5.41, 5.74) is 3.84. The zero-order valence-electron chi connectivity index (χ0n) is 18.6. The first-order chi connectivity index (χ1) is 17.0. The summed E-state index contributed by atoms with van der Waals surface area (Å²) >= 11 is 0. The standard InChI is InChI=1S/C24H17F3N6O3/c1-12-20(21(24(25,26)27)32-33(12)11-14-7-5-13(10-28)6-8-14)31-23(36)15-9-17(22(29)35)30-16-3-2-4-18(34)19(15)16/h2-9,34H,11H2,1H3,(H2,29,35)(H,31,36). The van der Waals surface area contributed by atoms with Gasteiger partial charge in [-0.05, 0) is 42.8 Å². The Morgan fingerprint density at radius 2 is 1.89 bits per heavy atom. The Balaban J connectivity index is 1.78.